The Balaban J connectivity index is 2.10. The number of thioether (sulfide) groups is 1. The van der Waals surface area contributed by atoms with Crippen LogP contribution in [0.25, 0.3) is 0 Å². The summed E-state index contributed by atoms with van der Waals surface area (Å²) < 4.78 is 0. The molecule has 3 heteroatoms. The molecular formula is C13H20N2S. The summed E-state index contributed by atoms with van der Waals surface area (Å²) in [5.74, 6) is 1.24. The van der Waals surface area contributed by atoms with Crippen molar-refractivity contribution >= 4 is 23.1 Å². The van der Waals surface area contributed by atoms with E-state index in [1.165, 1.54) is 36.4 Å². The largest absolute Gasteiger partial charge is 0.398 e. The summed E-state index contributed by atoms with van der Waals surface area (Å²) in [5, 5.41) is 0. The Kier molecular flexibility index (Phi) is 3.99. The van der Waals surface area contributed by atoms with Crippen LogP contribution in [-0.2, 0) is 6.42 Å². The van der Waals surface area contributed by atoms with Gasteiger partial charge in [-0.25, -0.2) is 0 Å². The molecule has 1 aromatic carbocycles. The van der Waals surface area contributed by atoms with Crippen LogP contribution < -0.4 is 10.6 Å². The van der Waals surface area contributed by atoms with Gasteiger partial charge in [0, 0.05) is 24.5 Å². The van der Waals surface area contributed by atoms with E-state index in [2.05, 4.69) is 23.3 Å². The second kappa shape index (κ2) is 5.48. The maximum atomic E-state index is 6.03. The van der Waals surface area contributed by atoms with Gasteiger partial charge >= 0.3 is 0 Å². The summed E-state index contributed by atoms with van der Waals surface area (Å²) in [6, 6.07) is 6.30. The maximum Gasteiger partial charge on any atom is 0.0419 e. The lowest BCUT2D eigenvalue weighted by atomic mass is 10.00. The van der Waals surface area contributed by atoms with Gasteiger partial charge in [-0.2, -0.15) is 11.8 Å². The Bertz CT molecular complexity index is 352. The van der Waals surface area contributed by atoms with E-state index in [1.807, 2.05) is 17.8 Å². The van der Waals surface area contributed by atoms with Crippen molar-refractivity contribution in [3.63, 3.8) is 0 Å². The average Bonchev–Trinajstić information content (AvgIpc) is 2.31. The van der Waals surface area contributed by atoms with Crippen molar-refractivity contribution in [3.05, 3.63) is 23.8 Å². The summed E-state index contributed by atoms with van der Waals surface area (Å²) in [7, 11) is 0. The Hall–Kier alpha value is -0.830. The zero-order chi connectivity index (χ0) is 11.4. The molecule has 0 unspecified atom stereocenters. The van der Waals surface area contributed by atoms with Gasteiger partial charge in [0.1, 0.15) is 0 Å². The highest BCUT2D eigenvalue weighted by molar-refractivity contribution is 7.98. The van der Waals surface area contributed by atoms with E-state index in [1.54, 1.807) is 0 Å². The lowest BCUT2D eigenvalue weighted by molar-refractivity contribution is 0.684. The first-order valence-electron chi connectivity index (χ1n) is 5.94. The van der Waals surface area contributed by atoms with Crippen molar-refractivity contribution in [2.75, 3.05) is 35.7 Å². The first-order chi connectivity index (χ1) is 7.83. The molecule has 0 saturated carbocycles. The molecule has 88 valence electrons. The minimum Gasteiger partial charge on any atom is -0.398 e. The molecule has 1 aliphatic rings. The molecule has 0 radical (unpaired) electrons. The zero-order valence-corrected chi connectivity index (χ0v) is 10.7. The third-order valence-electron chi connectivity index (χ3n) is 3.16. The molecule has 2 N–H and O–H groups in total. The number of nitrogen functional groups attached to an aromatic ring is 1. The number of rotatable bonds is 4. The van der Waals surface area contributed by atoms with E-state index in [-0.39, 0.29) is 0 Å². The molecule has 0 saturated heterocycles. The van der Waals surface area contributed by atoms with Crippen molar-refractivity contribution in [1.82, 2.24) is 0 Å². The first-order valence-corrected chi connectivity index (χ1v) is 7.33. The monoisotopic (exact) mass is 236 g/mol. The molecule has 2 rings (SSSR count). The van der Waals surface area contributed by atoms with E-state index >= 15 is 0 Å². The quantitative estimate of drug-likeness (QED) is 0.644. The second-order valence-electron chi connectivity index (χ2n) is 4.28. The van der Waals surface area contributed by atoms with Crippen LogP contribution in [0.2, 0.25) is 0 Å². The Morgan fingerprint density at radius 3 is 3.12 bits per heavy atom. The van der Waals surface area contributed by atoms with Crippen molar-refractivity contribution in [2.45, 2.75) is 19.3 Å². The Labute approximate surface area is 102 Å². The van der Waals surface area contributed by atoms with Crippen LogP contribution in [0, 0.1) is 0 Å². The van der Waals surface area contributed by atoms with Crippen molar-refractivity contribution in [3.8, 4) is 0 Å². The van der Waals surface area contributed by atoms with Crippen LogP contribution in [0.5, 0.6) is 0 Å². The molecule has 0 spiro atoms. The molecule has 0 fully saturated rings. The molecule has 0 atom stereocenters. The third kappa shape index (κ3) is 2.46. The normalized spacial score (nSPS) is 14.9. The van der Waals surface area contributed by atoms with Gasteiger partial charge in [0.25, 0.3) is 0 Å². The molecule has 1 aliphatic heterocycles. The van der Waals surface area contributed by atoms with E-state index in [9.17, 15) is 0 Å². The van der Waals surface area contributed by atoms with Gasteiger partial charge < -0.3 is 10.6 Å². The van der Waals surface area contributed by atoms with Gasteiger partial charge in [0.2, 0.25) is 0 Å². The van der Waals surface area contributed by atoms with Gasteiger partial charge in [0.15, 0.2) is 0 Å². The highest BCUT2D eigenvalue weighted by Crippen LogP contribution is 2.31. The molecule has 0 aliphatic carbocycles. The fourth-order valence-corrected chi connectivity index (χ4v) is 2.78. The number of nitrogens with two attached hydrogens (primary N) is 1. The SMILES string of the molecule is CSCCCN1CCCc2c(N)cccc21. The van der Waals surface area contributed by atoms with E-state index in [4.69, 9.17) is 5.73 Å². The first kappa shape index (κ1) is 11.6. The summed E-state index contributed by atoms with van der Waals surface area (Å²) in [4.78, 5) is 2.49. The molecule has 16 heavy (non-hydrogen) atoms. The fraction of sp³-hybridized carbons (Fsp3) is 0.538. The lowest BCUT2D eigenvalue weighted by Crippen LogP contribution is -2.30. The van der Waals surface area contributed by atoms with E-state index in [0.29, 0.717) is 0 Å². The number of benzene rings is 1. The van der Waals surface area contributed by atoms with Crippen LogP contribution in [0.3, 0.4) is 0 Å². The lowest BCUT2D eigenvalue weighted by Gasteiger charge is -2.32. The molecule has 1 heterocycles. The third-order valence-corrected chi connectivity index (χ3v) is 3.86. The minimum atomic E-state index is 0.965. The topological polar surface area (TPSA) is 29.3 Å². The standard InChI is InChI=1S/C13H20N2S/c1-16-10-4-9-15-8-3-5-11-12(14)6-2-7-13(11)15/h2,6-7H,3-5,8-10,14H2,1H3. The van der Waals surface area contributed by atoms with Gasteiger partial charge in [-0.1, -0.05) is 6.07 Å². The second-order valence-corrected chi connectivity index (χ2v) is 5.27. The summed E-state index contributed by atoms with van der Waals surface area (Å²) >= 11 is 1.92. The van der Waals surface area contributed by atoms with Crippen LogP contribution in [-0.4, -0.2) is 25.1 Å². The highest BCUT2D eigenvalue weighted by atomic mass is 32.2. The summed E-state index contributed by atoms with van der Waals surface area (Å²) in [5.41, 5.74) is 9.72. The van der Waals surface area contributed by atoms with Crippen LogP contribution >= 0.6 is 11.8 Å². The minimum absolute atomic E-state index is 0.965. The van der Waals surface area contributed by atoms with Gasteiger partial charge in [0.05, 0.1) is 0 Å². The predicted octanol–water partition coefficient (Wildman–Crippen LogP) is 2.77. The summed E-state index contributed by atoms with van der Waals surface area (Å²) in [6.45, 7) is 2.35. The van der Waals surface area contributed by atoms with Gasteiger partial charge in [-0.15, -0.1) is 0 Å². The van der Waals surface area contributed by atoms with Crippen molar-refractivity contribution in [2.24, 2.45) is 0 Å². The molecular weight excluding hydrogens is 216 g/mol. The van der Waals surface area contributed by atoms with Gasteiger partial charge in [-0.05, 0) is 49.0 Å². The number of nitrogens with zero attached hydrogens (tertiary/aromatic N) is 1. The fourth-order valence-electron chi connectivity index (χ4n) is 2.36. The Morgan fingerprint density at radius 2 is 2.31 bits per heavy atom. The van der Waals surface area contributed by atoms with Crippen molar-refractivity contribution in [1.29, 1.82) is 0 Å². The number of anilines is 2. The number of hydrogen-bond acceptors (Lipinski definition) is 3. The molecule has 2 nitrogen and oxygen atoms in total. The molecule has 0 aromatic heterocycles. The molecule has 0 bridgehead atoms. The van der Waals surface area contributed by atoms with Crippen LogP contribution in [0.15, 0.2) is 18.2 Å². The van der Waals surface area contributed by atoms with Crippen molar-refractivity contribution < 1.29 is 0 Å². The molecule has 1 aromatic rings. The highest BCUT2D eigenvalue weighted by Gasteiger charge is 2.17. The predicted molar refractivity (Wildman–Crippen MR) is 74.4 cm³/mol. The van der Waals surface area contributed by atoms with Crippen LogP contribution in [0.1, 0.15) is 18.4 Å². The number of fused-ring (bicyclic) bond motifs is 1. The van der Waals surface area contributed by atoms with E-state index in [0.717, 1.165) is 18.7 Å². The maximum absolute atomic E-state index is 6.03. The Morgan fingerprint density at radius 1 is 1.44 bits per heavy atom. The van der Waals surface area contributed by atoms with Crippen LogP contribution in [0.4, 0.5) is 11.4 Å². The summed E-state index contributed by atoms with van der Waals surface area (Å²) in [6.07, 6.45) is 5.80. The average molecular weight is 236 g/mol. The number of hydrogen-bond donors (Lipinski definition) is 1. The molecule has 0 amide bonds. The van der Waals surface area contributed by atoms with Gasteiger partial charge in [-0.3, -0.25) is 0 Å². The smallest absolute Gasteiger partial charge is 0.0419 e. The zero-order valence-electron chi connectivity index (χ0n) is 9.91. The van der Waals surface area contributed by atoms with E-state index < -0.39 is 0 Å².